The minimum atomic E-state index is -0.414. The summed E-state index contributed by atoms with van der Waals surface area (Å²) in [6, 6.07) is 9.90. The van der Waals surface area contributed by atoms with Crippen LogP contribution in [0, 0.1) is 11.3 Å². The number of anilines is 1. The lowest BCUT2D eigenvalue weighted by Gasteiger charge is -2.36. The van der Waals surface area contributed by atoms with Crippen molar-refractivity contribution in [3.05, 3.63) is 72.7 Å². The number of thiophene rings is 2. The largest absolute Gasteiger partial charge is 0.465 e. The molecular formula is C34H39N3O4S3. The zero-order valence-corrected chi connectivity index (χ0v) is 28.2. The highest BCUT2D eigenvalue weighted by Gasteiger charge is 2.34. The van der Waals surface area contributed by atoms with Gasteiger partial charge in [0.15, 0.2) is 5.16 Å². The Morgan fingerprint density at radius 2 is 1.86 bits per heavy atom. The average molecular weight is 650 g/mol. The molecule has 3 heterocycles. The molecule has 0 saturated carbocycles. The third kappa shape index (κ3) is 6.00. The lowest BCUT2D eigenvalue weighted by Crippen LogP contribution is -2.29. The van der Waals surface area contributed by atoms with Gasteiger partial charge < -0.3 is 10.1 Å². The van der Waals surface area contributed by atoms with E-state index in [4.69, 9.17) is 9.72 Å². The highest BCUT2D eigenvalue weighted by Crippen LogP contribution is 2.44. The maximum absolute atomic E-state index is 14.2. The predicted octanol–water partition coefficient (Wildman–Crippen LogP) is 7.51. The molecule has 2 aliphatic rings. The van der Waals surface area contributed by atoms with Crippen molar-refractivity contribution in [2.24, 2.45) is 11.3 Å². The van der Waals surface area contributed by atoms with Crippen molar-refractivity contribution < 1.29 is 14.3 Å². The van der Waals surface area contributed by atoms with E-state index in [1.54, 1.807) is 15.9 Å². The molecule has 10 heteroatoms. The summed E-state index contributed by atoms with van der Waals surface area (Å²) in [6.07, 6.45) is 7.90. The number of hydrogen-bond donors (Lipinski definition) is 1. The van der Waals surface area contributed by atoms with Crippen LogP contribution in [0.5, 0.6) is 0 Å². The molecule has 2 aliphatic carbocycles. The van der Waals surface area contributed by atoms with Crippen LogP contribution in [0.25, 0.3) is 10.2 Å². The van der Waals surface area contributed by atoms with Gasteiger partial charge >= 0.3 is 5.97 Å². The zero-order valence-electron chi connectivity index (χ0n) is 25.8. The third-order valence-electron chi connectivity index (χ3n) is 9.48. The van der Waals surface area contributed by atoms with Crippen LogP contribution < -0.4 is 10.9 Å². The van der Waals surface area contributed by atoms with E-state index in [1.807, 2.05) is 30.3 Å². The number of amides is 1. The zero-order chi connectivity index (χ0) is 31.0. The van der Waals surface area contributed by atoms with Crippen molar-refractivity contribution in [3.63, 3.8) is 0 Å². The molecule has 1 amide bonds. The normalized spacial score (nSPS) is 16.4. The fourth-order valence-corrected chi connectivity index (χ4v) is 9.91. The summed E-state index contributed by atoms with van der Waals surface area (Å²) < 4.78 is 6.80. The number of ether oxygens (including phenoxy) is 1. The first-order valence-corrected chi connectivity index (χ1v) is 18.1. The SMILES string of the molecule is CCC(C)(C)[C@@H]1CCc2c(sc3nc(SCC(=O)Nc4sc5c(c4C(=O)OC)CCCC5)n(Cc4ccccc4)c(=O)c23)C1. The van der Waals surface area contributed by atoms with Gasteiger partial charge in [-0.1, -0.05) is 69.3 Å². The first-order valence-electron chi connectivity index (χ1n) is 15.4. The summed E-state index contributed by atoms with van der Waals surface area (Å²) in [5, 5.41) is 4.81. The minimum absolute atomic E-state index is 0.0358. The average Bonchev–Trinajstić information content (AvgIpc) is 3.59. The van der Waals surface area contributed by atoms with Gasteiger partial charge in [-0.15, -0.1) is 22.7 Å². The van der Waals surface area contributed by atoms with Crippen molar-refractivity contribution in [2.75, 3.05) is 18.2 Å². The Labute approximate surface area is 270 Å². The van der Waals surface area contributed by atoms with Gasteiger partial charge in [0.2, 0.25) is 5.91 Å². The monoisotopic (exact) mass is 649 g/mol. The molecule has 0 saturated heterocycles. The van der Waals surface area contributed by atoms with Crippen LogP contribution in [0.3, 0.4) is 0 Å². The fourth-order valence-electron chi connectivity index (χ4n) is 6.48. The van der Waals surface area contributed by atoms with E-state index < -0.39 is 5.97 Å². The van der Waals surface area contributed by atoms with E-state index in [2.05, 4.69) is 26.1 Å². The number of esters is 1. The second-order valence-electron chi connectivity index (χ2n) is 12.5. The molecule has 1 atom stereocenters. The number of methoxy groups -OCH3 is 1. The molecule has 0 spiro atoms. The number of thioether (sulfide) groups is 1. The van der Waals surface area contributed by atoms with E-state index in [9.17, 15) is 14.4 Å². The van der Waals surface area contributed by atoms with E-state index in [0.717, 1.165) is 77.6 Å². The smallest absolute Gasteiger partial charge is 0.341 e. The van der Waals surface area contributed by atoms with Gasteiger partial charge in [0.05, 0.1) is 30.4 Å². The lowest BCUT2D eigenvalue weighted by atomic mass is 9.70. The number of fused-ring (bicyclic) bond motifs is 4. The van der Waals surface area contributed by atoms with Crippen molar-refractivity contribution >= 4 is 61.5 Å². The molecule has 0 bridgehead atoms. The summed E-state index contributed by atoms with van der Waals surface area (Å²) in [5.41, 5.74) is 3.87. The fraction of sp³-hybridized carbons (Fsp3) is 0.471. The Kier molecular flexibility index (Phi) is 9.04. The van der Waals surface area contributed by atoms with Crippen LogP contribution in [0.1, 0.15) is 83.3 Å². The molecule has 232 valence electrons. The Morgan fingerprint density at radius 1 is 1.09 bits per heavy atom. The van der Waals surface area contributed by atoms with Crippen LogP contribution in [0.2, 0.25) is 0 Å². The number of benzene rings is 1. The number of aryl methyl sites for hydroxylation is 2. The number of hydrogen-bond acceptors (Lipinski definition) is 8. The van der Waals surface area contributed by atoms with Gasteiger partial charge in [-0.3, -0.25) is 14.2 Å². The number of nitrogens with one attached hydrogen (secondary N) is 1. The molecule has 1 aromatic carbocycles. The maximum atomic E-state index is 14.2. The molecule has 6 rings (SSSR count). The van der Waals surface area contributed by atoms with Gasteiger partial charge in [-0.2, -0.15) is 0 Å². The van der Waals surface area contributed by atoms with Gasteiger partial charge in [0, 0.05) is 9.75 Å². The Morgan fingerprint density at radius 3 is 2.61 bits per heavy atom. The second-order valence-corrected chi connectivity index (χ2v) is 15.6. The Hall–Kier alpha value is -2.95. The Bertz CT molecular complexity index is 1770. The number of carbonyl (C=O) groups is 2. The summed E-state index contributed by atoms with van der Waals surface area (Å²) >= 11 is 4.38. The Balaban J connectivity index is 1.31. The number of carbonyl (C=O) groups excluding carboxylic acids is 2. The maximum Gasteiger partial charge on any atom is 0.341 e. The lowest BCUT2D eigenvalue weighted by molar-refractivity contribution is -0.113. The van der Waals surface area contributed by atoms with Crippen LogP contribution >= 0.6 is 34.4 Å². The number of aromatic nitrogens is 2. The van der Waals surface area contributed by atoms with Crippen LogP contribution in [-0.4, -0.2) is 34.3 Å². The standard InChI is InChI=1S/C34H39N3O4S3/c1-5-34(2,3)21-15-16-23-25(17-21)44-29-27(23)31(39)37(18-20-11-7-6-8-12-20)33(36-29)42-19-26(38)35-30-28(32(40)41-4)22-13-9-10-14-24(22)43-30/h6-8,11-12,21H,5,9-10,13-19H2,1-4H3,(H,35,38)/t21-/m1/s1. The van der Waals surface area contributed by atoms with Crippen molar-refractivity contribution in [3.8, 4) is 0 Å². The predicted molar refractivity (Wildman–Crippen MR) is 181 cm³/mol. The van der Waals surface area contributed by atoms with Crippen LogP contribution in [0.15, 0.2) is 40.3 Å². The van der Waals surface area contributed by atoms with Gasteiger partial charge in [-0.05, 0) is 73.0 Å². The van der Waals surface area contributed by atoms with E-state index in [1.165, 1.54) is 40.6 Å². The molecule has 4 aromatic rings. The molecule has 0 fully saturated rings. The topological polar surface area (TPSA) is 90.3 Å². The molecular weight excluding hydrogens is 611 g/mol. The van der Waals surface area contributed by atoms with Crippen molar-refractivity contribution in [1.29, 1.82) is 0 Å². The second kappa shape index (κ2) is 12.8. The number of nitrogens with zero attached hydrogens (tertiary/aromatic N) is 2. The van der Waals surface area contributed by atoms with Gasteiger partial charge in [0.1, 0.15) is 9.83 Å². The van der Waals surface area contributed by atoms with Gasteiger partial charge in [0.25, 0.3) is 5.56 Å². The first-order chi connectivity index (χ1) is 21.2. The molecule has 44 heavy (non-hydrogen) atoms. The van der Waals surface area contributed by atoms with Gasteiger partial charge in [-0.25, -0.2) is 9.78 Å². The van der Waals surface area contributed by atoms with Crippen molar-refractivity contribution in [2.45, 2.75) is 83.8 Å². The molecule has 7 nitrogen and oxygen atoms in total. The van der Waals surface area contributed by atoms with Crippen LogP contribution in [-0.2, 0) is 41.8 Å². The molecule has 3 aromatic heterocycles. The molecule has 0 unspecified atom stereocenters. The summed E-state index contributed by atoms with van der Waals surface area (Å²) in [5.74, 6) is -0.0138. The van der Waals surface area contributed by atoms with Crippen LogP contribution in [0.4, 0.5) is 5.00 Å². The van der Waals surface area contributed by atoms with E-state index in [0.29, 0.717) is 28.2 Å². The molecule has 0 radical (unpaired) electrons. The van der Waals surface area contributed by atoms with Crippen molar-refractivity contribution in [1.82, 2.24) is 9.55 Å². The minimum Gasteiger partial charge on any atom is -0.465 e. The summed E-state index contributed by atoms with van der Waals surface area (Å²) in [4.78, 5) is 48.4. The van der Waals surface area contributed by atoms with E-state index in [-0.39, 0.29) is 22.6 Å². The highest BCUT2D eigenvalue weighted by atomic mass is 32.2. The third-order valence-corrected chi connectivity index (χ3v) is 12.8. The highest BCUT2D eigenvalue weighted by molar-refractivity contribution is 7.99. The molecule has 1 N–H and O–H groups in total. The summed E-state index contributed by atoms with van der Waals surface area (Å²) in [6.45, 7) is 7.33. The number of rotatable bonds is 9. The summed E-state index contributed by atoms with van der Waals surface area (Å²) in [7, 11) is 1.37. The molecule has 0 aliphatic heterocycles. The quantitative estimate of drug-likeness (QED) is 0.115. The van der Waals surface area contributed by atoms with E-state index >= 15 is 0 Å². The first kappa shape index (κ1) is 31.0.